The maximum Gasteiger partial charge on any atom is 0.190 e. The third-order valence-corrected chi connectivity index (χ3v) is 4.43. The third kappa shape index (κ3) is 3.20. The Bertz CT molecular complexity index is 719. The summed E-state index contributed by atoms with van der Waals surface area (Å²) in [6.07, 6.45) is 0.667. The molecule has 3 aromatic rings. The second-order valence-corrected chi connectivity index (χ2v) is 6.20. The summed E-state index contributed by atoms with van der Waals surface area (Å²) in [7, 11) is 0. The highest BCUT2D eigenvalue weighted by Crippen LogP contribution is 2.33. The zero-order valence-corrected chi connectivity index (χ0v) is 13.0. The predicted molar refractivity (Wildman–Crippen MR) is 94.5 cm³/mol. The number of thiazole rings is 1. The van der Waals surface area contributed by atoms with Crippen LogP contribution < -0.4 is 10.6 Å². The first kappa shape index (κ1) is 14.0. The van der Waals surface area contributed by atoms with Crippen LogP contribution in [0.15, 0.2) is 54.6 Å². The van der Waals surface area contributed by atoms with Gasteiger partial charge in [0, 0.05) is 18.7 Å². The van der Waals surface area contributed by atoms with Crippen molar-refractivity contribution in [2.75, 3.05) is 11.4 Å². The van der Waals surface area contributed by atoms with E-state index in [1.807, 2.05) is 36.4 Å². The minimum absolute atomic E-state index is 0.525. The first-order valence-electron chi connectivity index (χ1n) is 6.70. The van der Waals surface area contributed by atoms with Gasteiger partial charge in [-0.2, -0.15) is 0 Å². The van der Waals surface area contributed by atoms with Crippen molar-refractivity contribution in [2.24, 2.45) is 5.73 Å². The predicted octanol–water partition coefficient (Wildman–Crippen LogP) is 4.11. The molecule has 0 aliphatic carbocycles. The topological polar surface area (TPSA) is 42.1 Å². The number of hydrogen-bond donors (Lipinski definition) is 1. The Morgan fingerprint density at radius 3 is 2.52 bits per heavy atom. The molecule has 0 aliphatic heterocycles. The summed E-state index contributed by atoms with van der Waals surface area (Å²) in [5, 5.41) is 0.971. The molecule has 0 aliphatic rings. The number of aromatic nitrogens is 1. The number of benzene rings is 2. The summed E-state index contributed by atoms with van der Waals surface area (Å²) in [4.78, 5) is 7.42. The molecule has 3 nitrogen and oxygen atoms in total. The van der Waals surface area contributed by atoms with Crippen molar-refractivity contribution in [3.8, 4) is 0 Å². The van der Waals surface area contributed by atoms with E-state index < -0.39 is 0 Å². The van der Waals surface area contributed by atoms with E-state index in [9.17, 15) is 0 Å². The first-order valence-corrected chi connectivity index (χ1v) is 7.93. The van der Waals surface area contributed by atoms with Crippen molar-refractivity contribution in [1.82, 2.24) is 4.98 Å². The molecule has 106 valence electrons. The number of nitrogens with two attached hydrogens (primary N) is 1. The van der Waals surface area contributed by atoms with Crippen LogP contribution in [-0.4, -0.2) is 16.5 Å². The second kappa shape index (κ2) is 6.20. The highest BCUT2D eigenvalue weighted by atomic mass is 32.1. The summed E-state index contributed by atoms with van der Waals surface area (Å²) in [6, 6.07) is 18.4. The van der Waals surface area contributed by atoms with E-state index in [0.717, 1.165) is 22.9 Å². The Hall–Kier alpha value is -1.98. The molecule has 0 radical (unpaired) electrons. The third-order valence-electron chi connectivity index (χ3n) is 3.16. The average molecular weight is 313 g/mol. The molecule has 0 fully saturated rings. The summed E-state index contributed by atoms with van der Waals surface area (Å²) >= 11 is 6.69. The van der Waals surface area contributed by atoms with Crippen LogP contribution in [0, 0.1) is 0 Å². The lowest BCUT2D eigenvalue weighted by atomic mass is 10.3. The molecule has 0 spiro atoms. The number of anilines is 2. The highest BCUT2D eigenvalue weighted by Gasteiger charge is 2.14. The fraction of sp³-hybridized carbons (Fsp3) is 0.125. The van der Waals surface area contributed by atoms with Crippen molar-refractivity contribution in [1.29, 1.82) is 0 Å². The van der Waals surface area contributed by atoms with Gasteiger partial charge in [-0.1, -0.05) is 53.9 Å². The van der Waals surface area contributed by atoms with Crippen LogP contribution in [0.3, 0.4) is 0 Å². The quantitative estimate of drug-likeness (QED) is 0.720. The van der Waals surface area contributed by atoms with E-state index in [-0.39, 0.29) is 0 Å². The Labute approximate surface area is 133 Å². The molecule has 0 unspecified atom stereocenters. The van der Waals surface area contributed by atoms with Gasteiger partial charge in [-0.25, -0.2) is 4.98 Å². The fourth-order valence-electron chi connectivity index (χ4n) is 2.14. The summed E-state index contributed by atoms with van der Waals surface area (Å²) in [6.45, 7) is 0.735. The van der Waals surface area contributed by atoms with Gasteiger partial charge in [-0.05, 0) is 24.3 Å². The van der Waals surface area contributed by atoms with Crippen LogP contribution >= 0.6 is 23.6 Å². The van der Waals surface area contributed by atoms with Gasteiger partial charge < -0.3 is 10.6 Å². The number of para-hydroxylation sites is 2. The van der Waals surface area contributed by atoms with Gasteiger partial charge in [-0.3, -0.25) is 0 Å². The molecule has 5 heteroatoms. The largest absolute Gasteiger partial charge is 0.393 e. The van der Waals surface area contributed by atoms with Crippen LogP contribution in [0.1, 0.15) is 6.42 Å². The van der Waals surface area contributed by atoms with Crippen molar-refractivity contribution < 1.29 is 0 Å². The molecule has 21 heavy (non-hydrogen) atoms. The maximum absolute atomic E-state index is 5.66. The van der Waals surface area contributed by atoms with E-state index in [1.54, 1.807) is 11.3 Å². The number of nitrogens with zero attached hydrogens (tertiary/aromatic N) is 2. The van der Waals surface area contributed by atoms with Crippen molar-refractivity contribution in [3.05, 3.63) is 54.6 Å². The summed E-state index contributed by atoms with van der Waals surface area (Å²) in [5.41, 5.74) is 7.79. The number of rotatable bonds is 5. The molecular formula is C16H15N3S2. The molecule has 0 saturated heterocycles. The second-order valence-electron chi connectivity index (χ2n) is 4.67. The smallest absolute Gasteiger partial charge is 0.190 e. The van der Waals surface area contributed by atoms with E-state index in [2.05, 4.69) is 23.1 Å². The zero-order chi connectivity index (χ0) is 14.7. The number of hydrogen-bond acceptors (Lipinski definition) is 4. The summed E-state index contributed by atoms with van der Waals surface area (Å²) < 4.78 is 1.18. The van der Waals surface area contributed by atoms with Crippen LogP contribution in [0.25, 0.3) is 10.2 Å². The standard InChI is InChI=1S/C16H15N3S2/c17-15(20)10-11-19(12-6-2-1-3-7-12)16-18-13-8-4-5-9-14(13)21-16/h1-9H,10-11H2,(H2,17,20). The number of fused-ring (bicyclic) bond motifs is 1. The molecule has 0 atom stereocenters. The molecule has 2 N–H and O–H groups in total. The molecular weight excluding hydrogens is 298 g/mol. The fourth-order valence-corrected chi connectivity index (χ4v) is 3.24. The zero-order valence-electron chi connectivity index (χ0n) is 11.4. The van der Waals surface area contributed by atoms with E-state index in [0.29, 0.717) is 11.4 Å². The lowest BCUT2D eigenvalue weighted by Crippen LogP contribution is -2.22. The Morgan fingerprint density at radius 2 is 1.81 bits per heavy atom. The minimum Gasteiger partial charge on any atom is -0.393 e. The van der Waals surface area contributed by atoms with Gasteiger partial charge in [0.05, 0.1) is 15.2 Å². The van der Waals surface area contributed by atoms with Crippen LogP contribution in [-0.2, 0) is 0 Å². The lowest BCUT2D eigenvalue weighted by molar-refractivity contribution is 0.962. The van der Waals surface area contributed by atoms with Gasteiger partial charge in [-0.15, -0.1) is 0 Å². The maximum atomic E-state index is 5.66. The average Bonchev–Trinajstić information content (AvgIpc) is 2.92. The normalized spacial score (nSPS) is 10.7. The van der Waals surface area contributed by atoms with Gasteiger partial charge in [0.2, 0.25) is 0 Å². The van der Waals surface area contributed by atoms with Crippen LogP contribution in [0.5, 0.6) is 0 Å². The van der Waals surface area contributed by atoms with Crippen molar-refractivity contribution in [3.63, 3.8) is 0 Å². The minimum atomic E-state index is 0.525. The highest BCUT2D eigenvalue weighted by molar-refractivity contribution is 7.80. The monoisotopic (exact) mass is 313 g/mol. The molecule has 0 saturated carbocycles. The first-order chi connectivity index (χ1) is 10.2. The molecule has 1 heterocycles. The van der Waals surface area contributed by atoms with Gasteiger partial charge in [0.15, 0.2) is 5.13 Å². The SMILES string of the molecule is NC(=S)CCN(c1ccccc1)c1nc2ccccc2s1. The van der Waals surface area contributed by atoms with Gasteiger partial charge >= 0.3 is 0 Å². The van der Waals surface area contributed by atoms with Crippen molar-refractivity contribution >= 4 is 49.6 Å². The van der Waals surface area contributed by atoms with E-state index >= 15 is 0 Å². The van der Waals surface area contributed by atoms with E-state index in [1.165, 1.54) is 4.70 Å². The lowest BCUT2D eigenvalue weighted by Gasteiger charge is -2.21. The van der Waals surface area contributed by atoms with Gasteiger partial charge in [0.25, 0.3) is 0 Å². The Kier molecular flexibility index (Phi) is 4.13. The molecule has 2 aromatic carbocycles. The van der Waals surface area contributed by atoms with Crippen LogP contribution in [0.4, 0.5) is 10.8 Å². The van der Waals surface area contributed by atoms with Gasteiger partial charge in [0.1, 0.15) is 0 Å². The molecule has 0 amide bonds. The van der Waals surface area contributed by atoms with Crippen LogP contribution in [0.2, 0.25) is 0 Å². The van der Waals surface area contributed by atoms with Crippen molar-refractivity contribution in [2.45, 2.75) is 6.42 Å². The number of thiocarbonyl (C=S) groups is 1. The molecule has 3 rings (SSSR count). The Balaban J connectivity index is 1.99. The Morgan fingerprint density at radius 1 is 1.10 bits per heavy atom. The van der Waals surface area contributed by atoms with E-state index in [4.69, 9.17) is 22.9 Å². The summed E-state index contributed by atoms with van der Waals surface area (Å²) in [5.74, 6) is 0. The molecule has 1 aromatic heterocycles. The molecule has 0 bridgehead atoms.